The number of imide groups is 1. The molecule has 2 amide bonds. The summed E-state index contributed by atoms with van der Waals surface area (Å²) in [5.41, 5.74) is 1.03. The minimum Gasteiger partial charge on any atom is -0.493 e. The molecule has 0 bridgehead atoms. The highest BCUT2D eigenvalue weighted by atomic mass is 32.2. The van der Waals surface area contributed by atoms with Crippen LogP contribution in [0.5, 0.6) is 11.5 Å². The van der Waals surface area contributed by atoms with Crippen molar-refractivity contribution in [3.63, 3.8) is 0 Å². The number of para-hydroxylation sites is 1. The van der Waals surface area contributed by atoms with Crippen LogP contribution in [0.25, 0.3) is 0 Å². The Kier molecular flexibility index (Phi) is 7.14. The number of amides is 2. The third-order valence-electron chi connectivity index (χ3n) is 7.30. The first kappa shape index (κ1) is 28.1. The van der Waals surface area contributed by atoms with E-state index < -0.39 is 46.3 Å². The number of carbonyl (C=O) groups is 2. The molecule has 42 heavy (non-hydrogen) atoms. The Morgan fingerprint density at radius 1 is 0.952 bits per heavy atom. The molecule has 1 fully saturated rings. The molecule has 0 spiro atoms. The van der Waals surface area contributed by atoms with Crippen LogP contribution in [0, 0.1) is 12.8 Å². The van der Waals surface area contributed by atoms with Crippen LogP contribution in [0.3, 0.4) is 0 Å². The van der Waals surface area contributed by atoms with Gasteiger partial charge < -0.3 is 14.5 Å². The standard InChI is InChI=1S/C30H23F3N2O5S2/c1-15-6-5-7-16(12-15)14-40-20-11-10-17(13-21(20)39-2)22-23-25(41-26-24(22)42-29(38)34-26)28(37)35(27(23)36)19-9-4-3-8-18(19)30(31,32)33/h3-13,22-23,25H,14H2,1-2H3,(H,34,38). The zero-order valence-corrected chi connectivity index (χ0v) is 23.9. The fourth-order valence-corrected chi connectivity index (χ4v) is 8.00. The summed E-state index contributed by atoms with van der Waals surface area (Å²) in [7, 11) is 1.47. The maximum Gasteiger partial charge on any atom is 0.418 e. The number of thioether (sulfide) groups is 1. The van der Waals surface area contributed by atoms with Gasteiger partial charge in [0.2, 0.25) is 11.8 Å². The largest absolute Gasteiger partial charge is 0.493 e. The minimum atomic E-state index is -4.77. The number of fused-ring (bicyclic) bond motifs is 2. The number of methoxy groups -OCH3 is 1. The Morgan fingerprint density at radius 3 is 2.48 bits per heavy atom. The molecule has 3 heterocycles. The molecule has 2 aliphatic rings. The van der Waals surface area contributed by atoms with Gasteiger partial charge in [0.15, 0.2) is 11.5 Å². The molecule has 3 aromatic carbocycles. The number of nitrogens with one attached hydrogen (secondary N) is 1. The second-order valence-electron chi connectivity index (χ2n) is 9.96. The first-order valence-corrected chi connectivity index (χ1v) is 14.6. The number of hydrogen-bond acceptors (Lipinski definition) is 7. The number of nitrogens with zero attached hydrogens (tertiary/aromatic N) is 1. The molecule has 0 radical (unpaired) electrons. The van der Waals surface area contributed by atoms with Crippen molar-refractivity contribution in [2.75, 3.05) is 12.0 Å². The van der Waals surface area contributed by atoms with Gasteiger partial charge in [0.05, 0.1) is 29.3 Å². The van der Waals surface area contributed by atoms with E-state index in [0.717, 1.165) is 46.4 Å². The predicted molar refractivity (Wildman–Crippen MR) is 152 cm³/mol. The number of H-pyrrole nitrogens is 1. The van der Waals surface area contributed by atoms with E-state index >= 15 is 0 Å². The van der Waals surface area contributed by atoms with Gasteiger partial charge in [0.25, 0.3) is 0 Å². The smallest absolute Gasteiger partial charge is 0.418 e. The highest BCUT2D eigenvalue weighted by molar-refractivity contribution is 8.00. The number of aromatic amines is 1. The summed E-state index contributed by atoms with van der Waals surface area (Å²) < 4.78 is 53.2. The number of thiazole rings is 1. The number of aryl methyl sites for hydroxylation is 1. The molecule has 1 N–H and O–H groups in total. The molecule has 0 saturated carbocycles. The Bertz CT molecular complexity index is 1770. The SMILES string of the molecule is COc1cc(C2c3sc(=O)[nH]c3SC3C(=O)N(c4ccccc4C(F)(F)F)C(=O)C32)ccc1OCc1cccc(C)c1. The van der Waals surface area contributed by atoms with Crippen LogP contribution >= 0.6 is 23.1 Å². The molecular weight excluding hydrogens is 589 g/mol. The lowest BCUT2D eigenvalue weighted by Crippen LogP contribution is -2.33. The summed E-state index contributed by atoms with van der Waals surface area (Å²) in [4.78, 5) is 43.5. The Morgan fingerprint density at radius 2 is 1.74 bits per heavy atom. The lowest BCUT2D eigenvalue weighted by Gasteiger charge is -2.30. The average Bonchev–Trinajstić information content (AvgIpc) is 3.45. The van der Waals surface area contributed by atoms with E-state index in [0.29, 0.717) is 31.9 Å². The van der Waals surface area contributed by atoms with E-state index in [-0.39, 0.29) is 11.5 Å². The summed E-state index contributed by atoms with van der Waals surface area (Å²) in [5, 5.41) is -0.619. The number of aromatic nitrogens is 1. The van der Waals surface area contributed by atoms with Crippen LogP contribution in [0.2, 0.25) is 0 Å². The minimum absolute atomic E-state index is 0.284. The number of anilines is 1. The van der Waals surface area contributed by atoms with Crippen LogP contribution in [-0.2, 0) is 22.4 Å². The molecule has 216 valence electrons. The monoisotopic (exact) mass is 612 g/mol. The second kappa shape index (κ2) is 10.7. The predicted octanol–water partition coefficient (Wildman–Crippen LogP) is 6.15. The molecule has 3 atom stereocenters. The van der Waals surface area contributed by atoms with E-state index in [1.807, 2.05) is 31.2 Å². The molecule has 1 saturated heterocycles. The van der Waals surface area contributed by atoms with Gasteiger partial charge >= 0.3 is 11.0 Å². The van der Waals surface area contributed by atoms with Crippen LogP contribution in [0.15, 0.2) is 76.6 Å². The maximum atomic E-state index is 13.9. The molecule has 7 nitrogen and oxygen atoms in total. The fraction of sp³-hybridized carbons (Fsp3) is 0.233. The summed E-state index contributed by atoms with van der Waals surface area (Å²) in [6.45, 7) is 2.27. The quantitative estimate of drug-likeness (QED) is 0.263. The number of benzene rings is 3. The zero-order chi connectivity index (χ0) is 29.8. The van der Waals surface area contributed by atoms with E-state index in [4.69, 9.17) is 9.47 Å². The van der Waals surface area contributed by atoms with Gasteiger partial charge in [0.1, 0.15) is 11.9 Å². The number of ether oxygens (including phenoxy) is 2. The van der Waals surface area contributed by atoms with Crippen LogP contribution in [-0.4, -0.2) is 29.2 Å². The summed E-state index contributed by atoms with van der Waals surface area (Å²) >= 11 is 1.91. The van der Waals surface area contributed by atoms with Crippen molar-refractivity contribution in [3.05, 3.63) is 104 Å². The summed E-state index contributed by atoms with van der Waals surface area (Å²) in [5.74, 6) is -2.54. The van der Waals surface area contributed by atoms with E-state index in [1.54, 1.807) is 18.2 Å². The van der Waals surface area contributed by atoms with Gasteiger partial charge in [-0.3, -0.25) is 14.4 Å². The van der Waals surface area contributed by atoms with Gasteiger partial charge in [-0.2, -0.15) is 13.2 Å². The highest BCUT2D eigenvalue weighted by Gasteiger charge is 2.57. The number of hydrogen-bond donors (Lipinski definition) is 1. The third-order valence-corrected chi connectivity index (χ3v) is 9.70. The van der Waals surface area contributed by atoms with Crippen molar-refractivity contribution < 1.29 is 32.2 Å². The van der Waals surface area contributed by atoms with Crippen molar-refractivity contribution in [2.45, 2.75) is 35.9 Å². The fourth-order valence-electron chi connectivity index (χ4n) is 5.48. The van der Waals surface area contributed by atoms with Gasteiger partial charge in [0, 0.05) is 10.8 Å². The third kappa shape index (κ3) is 4.88. The number of alkyl halides is 3. The molecule has 6 rings (SSSR count). The molecular formula is C30H23F3N2O5S2. The number of halogens is 3. The first-order valence-electron chi connectivity index (χ1n) is 12.9. The Balaban J connectivity index is 1.40. The maximum absolute atomic E-state index is 13.9. The molecule has 2 aliphatic heterocycles. The van der Waals surface area contributed by atoms with Gasteiger partial charge in [-0.1, -0.05) is 71.1 Å². The van der Waals surface area contributed by atoms with Crippen LogP contribution < -0.4 is 19.2 Å². The normalized spacial score (nSPS) is 19.9. The molecule has 1 aromatic heterocycles. The van der Waals surface area contributed by atoms with Crippen LogP contribution in [0.1, 0.15) is 33.0 Å². The molecule has 0 aliphatic carbocycles. The van der Waals surface area contributed by atoms with Crippen molar-refractivity contribution in [2.24, 2.45) is 5.92 Å². The van der Waals surface area contributed by atoms with E-state index in [1.165, 1.54) is 19.2 Å². The van der Waals surface area contributed by atoms with Crippen molar-refractivity contribution in [3.8, 4) is 11.5 Å². The van der Waals surface area contributed by atoms with Crippen molar-refractivity contribution in [1.29, 1.82) is 0 Å². The molecule has 4 aromatic rings. The van der Waals surface area contributed by atoms with Gasteiger partial charge in [-0.05, 0) is 42.3 Å². The zero-order valence-electron chi connectivity index (χ0n) is 22.2. The number of rotatable bonds is 6. The van der Waals surface area contributed by atoms with Crippen molar-refractivity contribution in [1.82, 2.24) is 4.98 Å². The van der Waals surface area contributed by atoms with Gasteiger partial charge in [-0.15, -0.1) is 0 Å². The average molecular weight is 613 g/mol. The lowest BCUT2D eigenvalue weighted by atomic mass is 9.83. The lowest BCUT2D eigenvalue weighted by molar-refractivity contribution is -0.137. The highest BCUT2D eigenvalue weighted by Crippen LogP contribution is 2.54. The van der Waals surface area contributed by atoms with Crippen LogP contribution in [0.4, 0.5) is 18.9 Å². The van der Waals surface area contributed by atoms with Crippen molar-refractivity contribution >= 4 is 40.6 Å². The van der Waals surface area contributed by atoms with Gasteiger partial charge in [-0.25, -0.2) is 4.90 Å². The summed E-state index contributed by atoms with van der Waals surface area (Å²) in [6.07, 6.45) is -4.77. The van der Waals surface area contributed by atoms with E-state index in [2.05, 4.69) is 4.98 Å². The topological polar surface area (TPSA) is 88.7 Å². The second-order valence-corrected chi connectivity index (χ2v) is 12.1. The molecule has 12 heteroatoms. The Labute approximate surface area is 246 Å². The number of carbonyl (C=O) groups excluding carboxylic acids is 2. The summed E-state index contributed by atoms with van der Waals surface area (Å²) in [6, 6.07) is 17.5. The first-order chi connectivity index (χ1) is 20.1. The van der Waals surface area contributed by atoms with E-state index in [9.17, 15) is 27.6 Å². The Hall–Kier alpha value is -4.03. The molecule has 3 unspecified atom stereocenters.